The van der Waals surface area contributed by atoms with Crippen LogP contribution in [0.4, 0.5) is 11.8 Å². The Labute approximate surface area is 160 Å². The van der Waals surface area contributed by atoms with Gasteiger partial charge in [-0.25, -0.2) is 19.9 Å². The Kier molecular flexibility index (Phi) is 6.16. The molecule has 144 valence electrons. The maximum atomic E-state index is 13.0. The second-order valence-corrected chi connectivity index (χ2v) is 6.76. The Morgan fingerprint density at radius 1 is 1.15 bits per heavy atom. The predicted molar refractivity (Wildman–Crippen MR) is 105 cm³/mol. The highest BCUT2D eigenvalue weighted by molar-refractivity contribution is 5.93. The number of hydrogen-bond donors (Lipinski definition) is 0. The van der Waals surface area contributed by atoms with E-state index in [1.165, 1.54) is 0 Å². The summed E-state index contributed by atoms with van der Waals surface area (Å²) in [6, 6.07) is 3.60. The lowest BCUT2D eigenvalue weighted by molar-refractivity contribution is 0.0740. The molecule has 27 heavy (non-hydrogen) atoms. The number of amides is 1. The van der Waals surface area contributed by atoms with Crippen LogP contribution >= 0.6 is 0 Å². The lowest BCUT2D eigenvalue weighted by Crippen LogP contribution is -2.49. The van der Waals surface area contributed by atoms with Gasteiger partial charge in [0.25, 0.3) is 5.91 Å². The average Bonchev–Trinajstić information content (AvgIpc) is 2.71. The van der Waals surface area contributed by atoms with Crippen molar-refractivity contribution in [3.63, 3.8) is 0 Å². The van der Waals surface area contributed by atoms with Crippen LogP contribution in [0.2, 0.25) is 0 Å². The molecule has 1 amide bonds. The van der Waals surface area contributed by atoms with Crippen molar-refractivity contribution in [1.29, 1.82) is 0 Å². The van der Waals surface area contributed by atoms with Gasteiger partial charge in [-0.3, -0.25) is 4.79 Å². The van der Waals surface area contributed by atoms with Crippen molar-refractivity contribution in [1.82, 2.24) is 24.8 Å². The highest BCUT2D eigenvalue weighted by Crippen LogP contribution is 2.16. The Hall–Kier alpha value is -2.77. The molecule has 1 saturated heterocycles. The van der Waals surface area contributed by atoms with Crippen molar-refractivity contribution in [3.05, 3.63) is 36.0 Å². The van der Waals surface area contributed by atoms with E-state index in [1.807, 2.05) is 18.9 Å². The average molecular weight is 369 g/mol. The molecular weight excluding hydrogens is 342 g/mol. The summed E-state index contributed by atoms with van der Waals surface area (Å²) in [7, 11) is 2.00. The monoisotopic (exact) mass is 369 g/mol. The molecule has 0 saturated carbocycles. The quantitative estimate of drug-likeness (QED) is 0.768. The summed E-state index contributed by atoms with van der Waals surface area (Å²) in [6.07, 6.45) is 5.68. The van der Waals surface area contributed by atoms with Crippen LogP contribution in [-0.4, -0.2) is 70.5 Å². The standard InChI is InChI=1S/C19H27N7O/c1-4-5-9-24(3)17-14-16(22-15(2)23-17)18(27)25-10-12-26(13-11-25)19-20-7-6-8-21-19/h6-8,14H,4-5,9-13H2,1-3H3. The molecule has 1 fully saturated rings. The van der Waals surface area contributed by atoms with Gasteiger partial charge in [-0.2, -0.15) is 0 Å². The first kappa shape index (κ1) is 19.0. The van der Waals surface area contributed by atoms with E-state index in [0.29, 0.717) is 43.6 Å². The van der Waals surface area contributed by atoms with Gasteiger partial charge < -0.3 is 14.7 Å². The van der Waals surface area contributed by atoms with Gasteiger partial charge in [0, 0.05) is 58.2 Å². The first-order valence-electron chi connectivity index (χ1n) is 9.46. The number of aryl methyl sites for hydroxylation is 1. The van der Waals surface area contributed by atoms with Gasteiger partial charge >= 0.3 is 0 Å². The largest absolute Gasteiger partial charge is 0.360 e. The summed E-state index contributed by atoms with van der Waals surface area (Å²) < 4.78 is 0. The third-order valence-electron chi connectivity index (χ3n) is 4.68. The first-order valence-corrected chi connectivity index (χ1v) is 9.46. The molecule has 2 aromatic rings. The Morgan fingerprint density at radius 3 is 2.52 bits per heavy atom. The molecule has 0 unspecified atom stereocenters. The van der Waals surface area contributed by atoms with E-state index in [0.717, 1.165) is 25.2 Å². The van der Waals surface area contributed by atoms with Crippen LogP contribution in [0.1, 0.15) is 36.1 Å². The molecule has 2 aromatic heterocycles. The minimum Gasteiger partial charge on any atom is -0.360 e. The molecule has 3 rings (SSSR count). The normalized spacial score (nSPS) is 14.3. The lowest BCUT2D eigenvalue weighted by Gasteiger charge is -2.34. The highest BCUT2D eigenvalue weighted by Gasteiger charge is 2.25. The van der Waals surface area contributed by atoms with Crippen LogP contribution in [0.3, 0.4) is 0 Å². The van der Waals surface area contributed by atoms with Gasteiger partial charge in [0.15, 0.2) is 0 Å². The van der Waals surface area contributed by atoms with Crippen LogP contribution in [0.15, 0.2) is 24.5 Å². The number of rotatable bonds is 6. The minimum absolute atomic E-state index is 0.0423. The van der Waals surface area contributed by atoms with Crippen molar-refractivity contribution in [2.45, 2.75) is 26.7 Å². The fourth-order valence-corrected chi connectivity index (χ4v) is 3.09. The van der Waals surface area contributed by atoms with E-state index in [9.17, 15) is 4.79 Å². The molecule has 8 nitrogen and oxygen atoms in total. The van der Waals surface area contributed by atoms with E-state index in [4.69, 9.17) is 0 Å². The fraction of sp³-hybridized carbons (Fsp3) is 0.526. The molecule has 0 radical (unpaired) electrons. The summed E-state index contributed by atoms with van der Waals surface area (Å²) in [5.74, 6) is 2.09. The van der Waals surface area contributed by atoms with Gasteiger partial charge in [-0.05, 0) is 19.4 Å². The third kappa shape index (κ3) is 4.69. The van der Waals surface area contributed by atoms with Gasteiger partial charge in [0.1, 0.15) is 17.3 Å². The SMILES string of the molecule is CCCCN(C)c1cc(C(=O)N2CCN(c3ncccn3)CC2)nc(C)n1. The number of hydrogen-bond acceptors (Lipinski definition) is 7. The van der Waals surface area contributed by atoms with Gasteiger partial charge in [0.05, 0.1) is 0 Å². The van der Waals surface area contributed by atoms with Crippen molar-refractivity contribution in [2.24, 2.45) is 0 Å². The number of aromatic nitrogens is 4. The predicted octanol–water partition coefficient (Wildman–Crippen LogP) is 1.77. The first-order chi connectivity index (χ1) is 13.1. The summed E-state index contributed by atoms with van der Waals surface area (Å²) in [5.41, 5.74) is 0.463. The molecule has 8 heteroatoms. The number of carbonyl (C=O) groups is 1. The Morgan fingerprint density at radius 2 is 1.85 bits per heavy atom. The number of anilines is 2. The summed E-state index contributed by atoms with van der Waals surface area (Å²) in [6.45, 7) is 7.58. The van der Waals surface area contributed by atoms with Crippen molar-refractivity contribution < 1.29 is 4.79 Å². The molecular formula is C19H27N7O. The second-order valence-electron chi connectivity index (χ2n) is 6.76. The van der Waals surface area contributed by atoms with Crippen LogP contribution in [0.25, 0.3) is 0 Å². The lowest BCUT2D eigenvalue weighted by atomic mass is 10.2. The molecule has 0 aliphatic carbocycles. The second kappa shape index (κ2) is 8.75. The van der Waals surface area contributed by atoms with Crippen LogP contribution in [0.5, 0.6) is 0 Å². The van der Waals surface area contributed by atoms with Gasteiger partial charge in [-0.1, -0.05) is 13.3 Å². The molecule has 3 heterocycles. The molecule has 0 bridgehead atoms. The van der Waals surface area contributed by atoms with Crippen molar-refractivity contribution in [2.75, 3.05) is 49.6 Å². The van der Waals surface area contributed by atoms with Gasteiger partial charge in [-0.15, -0.1) is 0 Å². The molecule has 1 aliphatic heterocycles. The zero-order valence-electron chi connectivity index (χ0n) is 16.3. The maximum absolute atomic E-state index is 13.0. The van der Waals surface area contributed by atoms with E-state index in [-0.39, 0.29) is 5.91 Å². The zero-order chi connectivity index (χ0) is 19.2. The van der Waals surface area contributed by atoms with Crippen molar-refractivity contribution >= 4 is 17.7 Å². The molecule has 1 aliphatic rings. The highest BCUT2D eigenvalue weighted by atomic mass is 16.2. The van der Waals surface area contributed by atoms with Crippen LogP contribution in [0, 0.1) is 6.92 Å². The molecule has 0 spiro atoms. The third-order valence-corrected chi connectivity index (χ3v) is 4.68. The zero-order valence-corrected chi connectivity index (χ0v) is 16.3. The summed E-state index contributed by atoms with van der Waals surface area (Å²) in [5, 5.41) is 0. The molecule has 0 atom stereocenters. The van der Waals surface area contributed by atoms with E-state index >= 15 is 0 Å². The number of nitrogens with zero attached hydrogens (tertiary/aromatic N) is 7. The van der Waals surface area contributed by atoms with Crippen molar-refractivity contribution in [3.8, 4) is 0 Å². The van der Waals surface area contributed by atoms with E-state index in [1.54, 1.807) is 24.5 Å². The van der Waals surface area contributed by atoms with Crippen LogP contribution in [-0.2, 0) is 0 Å². The molecule has 0 N–H and O–H groups in total. The summed E-state index contributed by atoms with van der Waals surface area (Å²) in [4.78, 5) is 36.4. The number of unbranched alkanes of at least 4 members (excludes halogenated alkanes) is 1. The Bertz CT molecular complexity index is 760. The fourth-order valence-electron chi connectivity index (χ4n) is 3.09. The number of piperazine rings is 1. The van der Waals surface area contributed by atoms with E-state index in [2.05, 4.69) is 36.7 Å². The van der Waals surface area contributed by atoms with Gasteiger partial charge in [0.2, 0.25) is 5.95 Å². The number of carbonyl (C=O) groups excluding carboxylic acids is 1. The Balaban J connectivity index is 1.67. The minimum atomic E-state index is -0.0423. The van der Waals surface area contributed by atoms with E-state index < -0.39 is 0 Å². The topological polar surface area (TPSA) is 78.4 Å². The molecule has 0 aromatic carbocycles. The maximum Gasteiger partial charge on any atom is 0.272 e. The smallest absolute Gasteiger partial charge is 0.272 e. The summed E-state index contributed by atoms with van der Waals surface area (Å²) >= 11 is 0. The van der Waals surface area contributed by atoms with Crippen LogP contribution < -0.4 is 9.80 Å².